The number of rotatable bonds is 7. The molecule has 2 atom stereocenters. The van der Waals surface area contributed by atoms with Gasteiger partial charge in [-0.1, -0.05) is 6.92 Å². The average molecular weight is 249 g/mol. The highest BCUT2D eigenvalue weighted by molar-refractivity contribution is 7.85. The lowest BCUT2D eigenvalue weighted by Crippen LogP contribution is -2.38. The van der Waals surface area contributed by atoms with Crippen molar-refractivity contribution in [1.82, 2.24) is 5.32 Å². The van der Waals surface area contributed by atoms with E-state index in [0.29, 0.717) is 12.2 Å². The number of hydrogen-bond acceptors (Lipinski definition) is 4. The molecule has 2 unspecified atom stereocenters. The van der Waals surface area contributed by atoms with Gasteiger partial charge in [-0.2, -0.15) is 0 Å². The molecule has 0 aromatic carbocycles. The van der Waals surface area contributed by atoms with Crippen LogP contribution in [0.5, 0.6) is 0 Å². The van der Waals surface area contributed by atoms with Gasteiger partial charge in [0.15, 0.2) is 0 Å². The molecule has 1 rings (SSSR count). The highest BCUT2D eigenvalue weighted by atomic mass is 32.2. The first-order valence-electron chi connectivity index (χ1n) is 6.07. The van der Waals surface area contributed by atoms with Crippen LogP contribution in [0.15, 0.2) is 0 Å². The summed E-state index contributed by atoms with van der Waals surface area (Å²) < 4.78 is 17.4. The van der Waals surface area contributed by atoms with Crippen LogP contribution < -0.4 is 5.32 Å². The van der Waals surface area contributed by atoms with Gasteiger partial charge < -0.3 is 15.2 Å². The number of ether oxygens (including phenoxy) is 1. The molecule has 1 aliphatic heterocycles. The SMILES string of the molecule is CCNC(CCO)CS(=O)C1CCOCC1. The fraction of sp³-hybridized carbons (Fsp3) is 1.00. The molecule has 1 saturated heterocycles. The van der Waals surface area contributed by atoms with Crippen LogP contribution in [0.25, 0.3) is 0 Å². The number of hydrogen-bond donors (Lipinski definition) is 2. The van der Waals surface area contributed by atoms with Crippen LogP contribution in [0, 0.1) is 0 Å². The van der Waals surface area contributed by atoms with Crippen molar-refractivity contribution in [1.29, 1.82) is 0 Å². The molecule has 0 bridgehead atoms. The van der Waals surface area contributed by atoms with Gasteiger partial charge in [0.2, 0.25) is 0 Å². The van der Waals surface area contributed by atoms with E-state index >= 15 is 0 Å². The number of nitrogens with one attached hydrogen (secondary N) is 1. The van der Waals surface area contributed by atoms with E-state index in [4.69, 9.17) is 9.84 Å². The molecule has 16 heavy (non-hydrogen) atoms. The molecule has 0 spiro atoms. The Balaban J connectivity index is 2.33. The lowest BCUT2D eigenvalue weighted by molar-refractivity contribution is 0.0991. The highest BCUT2D eigenvalue weighted by Crippen LogP contribution is 2.14. The zero-order valence-electron chi connectivity index (χ0n) is 9.98. The molecule has 1 fully saturated rings. The lowest BCUT2D eigenvalue weighted by atomic mass is 10.2. The molecule has 2 N–H and O–H groups in total. The van der Waals surface area contributed by atoms with Gasteiger partial charge in [0, 0.05) is 47.7 Å². The van der Waals surface area contributed by atoms with Crippen molar-refractivity contribution in [2.45, 2.75) is 37.5 Å². The molecule has 1 heterocycles. The van der Waals surface area contributed by atoms with Crippen molar-refractivity contribution in [3.05, 3.63) is 0 Å². The second-order valence-electron chi connectivity index (χ2n) is 4.13. The van der Waals surface area contributed by atoms with E-state index in [1.54, 1.807) is 0 Å². The summed E-state index contributed by atoms with van der Waals surface area (Å²) in [7, 11) is -0.793. The second kappa shape index (κ2) is 8.17. The third-order valence-electron chi connectivity index (χ3n) is 2.88. The van der Waals surface area contributed by atoms with E-state index in [0.717, 1.165) is 32.6 Å². The van der Waals surface area contributed by atoms with E-state index in [-0.39, 0.29) is 17.9 Å². The summed E-state index contributed by atoms with van der Waals surface area (Å²) in [5, 5.41) is 12.5. The van der Waals surface area contributed by atoms with Crippen molar-refractivity contribution >= 4 is 10.8 Å². The molecule has 4 nitrogen and oxygen atoms in total. The summed E-state index contributed by atoms with van der Waals surface area (Å²) in [6, 6.07) is 0.179. The van der Waals surface area contributed by atoms with Gasteiger partial charge in [-0.05, 0) is 25.8 Å². The predicted octanol–water partition coefficient (Wildman–Crippen LogP) is 0.275. The van der Waals surface area contributed by atoms with Crippen molar-refractivity contribution in [2.75, 3.05) is 32.1 Å². The lowest BCUT2D eigenvalue weighted by Gasteiger charge is -2.24. The topological polar surface area (TPSA) is 58.6 Å². The van der Waals surface area contributed by atoms with Crippen LogP contribution >= 0.6 is 0 Å². The minimum Gasteiger partial charge on any atom is -0.396 e. The quantitative estimate of drug-likeness (QED) is 0.680. The van der Waals surface area contributed by atoms with E-state index < -0.39 is 10.8 Å². The Morgan fingerprint density at radius 2 is 2.19 bits per heavy atom. The number of aliphatic hydroxyl groups is 1. The van der Waals surface area contributed by atoms with Gasteiger partial charge in [-0.15, -0.1) is 0 Å². The summed E-state index contributed by atoms with van der Waals surface area (Å²) >= 11 is 0. The number of aliphatic hydroxyl groups excluding tert-OH is 1. The van der Waals surface area contributed by atoms with Gasteiger partial charge in [-0.3, -0.25) is 4.21 Å². The third kappa shape index (κ3) is 4.91. The first-order valence-corrected chi connectivity index (χ1v) is 7.45. The van der Waals surface area contributed by atoms with Gasteiger partial charge in [0.25, 0.3) is 0 Å². The molecule has 1 aliphatic rings. The van der Waals surface area contributed by atoms with Crippen LogP contribution in [-0.2, 0) is 15.5 Å². The van der Waals surface area contributed by atoms with Crippen molar-refractivity contribution in [3.8, 4) is 0 Å². The summed E-state index contributed by atoms with van der Waals surface area (Å²) in [4.78, 5) is 0. The molecule has 0 amide bonds. The molecule has 0 aromatic heterocycles. The smallest absolute Gasteiger partial charge is 0.0477 e. The maximum Gasteiger partial charge on any atom is 0.0477 e. The first kappa shape index (κ1) is 14.1. The monoisotopic (exact) mass is 249 g/mol. The minimum absolute atomic E-state index is 0.155. The highest BCUT2D eigenvalue weighted by Gasteiger charge is 2.22. The molecule has 0 saturated carbocycles. The Bertz CT molecular complexity index is 201. The van der Waals surface area contributed by atoms with Gasteiger partial charge >= 0.3 is 0 Å². The van der Waals surface area contributed by atoms with Gasteiger partial charge in [0.1, 0.15) is 0 Å². The van der Waals surface area contributed by atoms with Crippen LogP contribution in [0.3, 0.4) is 0 Å². The Labute approximate surface area is 100 Å². The Kier molecular flexibility index (Phi) is 7.20. The van der Waals surface area contributed by atoms with E-state index in [1.807, 2.05) is 6.92 Å². The molecule has 0 radical (unpaired) electrons. The largest absolute Gasteiger partial charge is 0.396 e. The van der Waals surface area contributed by atoms with Crippen LogP contribution in [0.1, 0.15) is 26.2 Å². The summed E-state index contributed by atoms with van der Waals surface area (Å²) in [6.45, 7) is 4.52. The maximum atomic E-state index is 12.1. The minimum atomic E-state index is -0.793. The molecule has 96 valence electrons. The maximum absolute atomic E-state index is 12.1. The summed E-state index contributed by atoms with van der Waals surface area (Å²) in [5.74, 6) is 0.652. The third-order valence-corrected chi connectivity index (χ3v) is 4.82. The van der Waals surface area contributed by atoms with Crippen LogP contribution in [0.4, 0.5) is 0 Å². The Morgan fingerprint density at radius 1 is 1.50 bits per heavy atom. The Hall–Kier alpha value is 0.0300. The fourth-order valence-electron chi connectivity index (χ4n) is 1.96. The van der Waals surface area contributed by atoms with E-state index in [9.17, 15) is 4.21 Å². The summed E-state index contributed by atoms with van der Waals surface area (Å²) in [5.41, 5.74) is 0. The van der Waals surface area contributed by atoms with Crippen LogP contribution in [-0.4, -0.2) is 52.7 Å². The van der Waals surface area contributed by atoms with Gasteiger partial charge in [-0.25, -0.2) is 0 Å². The van der Waals surface area contributed by atoms with Crippen molar-refractivity contribution in [3.63, 3.8) is 0 Å². The Morgan fingerprint density at radius 3 is 2.75 bits per heavy atom. The first-order chi connectivity index (χ1) is 7.77. The van der Waals surface area contributed by atoms with Crippen molar-refractivity contribution < 1.29 is 14.1 Å². The molecule has 0 aromatic rings. The fourth-order valence-corrected chi connectivity index (χ4v) is 3.63. The zero-order valence-corrected chi connectivity index (χ0v) is 10.8. The summed E-state index contributed by atoms with van der Waals surface area (Å²) in [6.07, 6.45) is 2.50. The second-order valence-corrected chi connectivity index (χ2v) is 5.89. The van der Waals surface area contributed by atoms with Crippen molar-refractivity contribution in [2.24, 2.45) is 0 Å². The predicted molar refractivity (Wildman–Crippen MR) is 66.0 cm³/mol. The van der Waals surface area contributed by atoms with E-state index in [2.05, 4.69) is 5.32 Å². The molecular weight excluding hydrogens is 226 g/mol. The van der Waals surface area contributed by atoms with E-state index in [1.165, 1.54) is 0 Å². The molecular formula is C11H23NO3S. The molecule has 5 heteroatoms. The zero-order chi connectivity index (χ0) is 11.8. The normalized spacial score (nSPS) is 21.9. The van der Waals surface area contributed by atoms with Gasteiger partial charge in [0.05, 0.1) is 0 Å². The average Bonchev–Trinajstić information content (AvgIpc) is 2.31. The van der Waals surface area contributed by atoms with Crippen LogP contribution in [0.2, 0.25) is 0 Å². The molecule has 0 aliphatic carbocycles. The standard InChI is InChI=1S/C11H23NO3S/c1-2-12-10(3-6-13)9-16(14)11-4-7-15-8-5-11/h10-13H,2-9H2,1H3.